The van der Waals surface area contributed by atoms with Crippen molar-refractivity contribution in [3.8, 4) is 0 Å². The molecule has 2 unspecified atom stereocenters. The fourth-order valence-electron chi connectivity index (χ4n) is 2.87. The summed E-state index contributed by atoms with van der Waals surface area (Å²) in [5.74, 6) is 0. The summed E-state index contributed by atoms with van der Waals surface area (Å²) in [4.78, 5) is 0. The summed E-state index contributed by atoms with van der Waals surface area (Å²) in [5.41, 5.74) is 1.91. The first kappa shape index (κ1) is 13.4. The van der Waals surface area contributed by atoms with Gasteiger partial charge in [-0.1, -0.05) is 15.9 Å². The average molecular weight is 346 g/mol. The van der Waals surface area contributed by atoms with Gasteiger partial charge in [-0.3, -0.25) is 4.31 Å². The van der Waals surface area contributed by atoms with Crippen LogP contribution in [0.1, 0.15) is 18.9 Å². The van der Waals surface area contributed by atoms with Crippen LogP contribution in [0.25, 0.3) is 0 Å². The molecule has 19 heavy (non-hydrogen) atoms. The van der Waals surface area contributed by atoms with Crippen molar-refractivity contribution in [3.63, 3.8) is 0 Å². The molecule has 0 aromatic heterocycles. The smallest absolute Gasteiger partial charge is 0.240 e. The molecule has 3 rings (SSSR count). The van der Waals surface area contributed by atoms with Crippen molar-refractivity contribution < 1.29 is 13.2 Å². The van der Waals surface area contributed by atoms with Crippen molar-refractivity contribution in [1.82, 2.24) is 0 Å². The molecule has 2 heterocycles. The highest BCUT2D eigenvalue weighted by Gasteiger charge is 2.41. The lowest BCUT2D eigenvalue weighted by Gasteiger charge is -2.25. The van der Waals surface area contributed by atoms with E-state index in [0.717, 1.165) is 22.1 Å². The van der Waals surface area contributed by atoms with Crippen LogP contribution >= 0.6 is 15.9 Å². The van der Waals surface area contributed by atoms with E-state index in [-0.39, 0.29) is 6.10 Å². The fourth-order valence-corrected chi connectivity index (χ4v) is 5.36. The number of rotatable bonds is 2. The van der Waals surface area contributed by atoms with Crippen LogP contribution in [0.15, 0.2) is 22.7 Å². The van der Waals surface area contributed by atoms with Gasteiger partial charge in [0.1, 0.15) is 5.25 Å². The fraction of sp³-hybridized carbons (Fsp3) is 0.538. The molecule has 0 aliphatic carbocycles. The van der Waals surface area contributed by atoms with Crippen molar-refractivity contribution in [2.24, 2.45) is 0 Å². The maximum absolute atomic E-state index is 12.7. The summed E-state index contributed by atoms with van der Waals surface area (Å²) in [5, 5.41) is -0.415. The van der Waals surface area contributed by atoms with Crippen LogP contribution in [-0.2, 0) is 21.2 Å². The molecule has 0 bridgehead atoms. The van der Waals surface area contributed by atoms with Gasteiger partial charge in [-0.2, -0.15) is 0 Å². The molecule has 1 aromatic carbocycles. The summed E-state index contributed by atoms with van der Waals surface area (Å²) in [6.07, 6.45) is 1.14. The van der Waals surface area contributed by atoms with Gasteiger partial charge >= 0.3 is 0 Å². The van der Waals surface area contributed by atoms with Crippen molar-refractivity contribution in [2.45, 2.75) is 31.1 Å². The van der Waals surface area contributed by atoms with Gasteiger partial charge in [0.2, 0.25) is 10.0 Å². The van der Waals surface area contributed by atoms with Crippen molar-refractivity contribution >= 4 is 31.6 Å². The number of fused-ring (bicyclic) bond motifs is 1. The van der Waals surface area contributed by atoms with Crippen LogP contribution in [0.5, 0.6) is 0 Å². The zero-order valence-electron chi connectivity index (χ0n) is 10.7. The first-order valence-electron chi connectivity index (χ1n) is 6.42. The largest absolute Gasteiger partial charge is 0.377 e. The Morgan fingerprint density at radius 1 is 1.42 bits per heavy atom. The van der Waals surface area contributed by atoms with E-state index in [2.05, 4.69) is 15.9 Å². The molecule has 1 saturated heterocycles. The van der Waals surface area contributed by atoms with E-state index in [1.165, 1.54) is 0 Å². The molecule has 4 nitrogen and oxygen atoms in total. The summed E-state index contributed by atoms with van der Waals surface area (Å²) in [7, 11) is -3.32. The molecule has 2 atom stereocenters. The second-order valence-electron chi connectivity index (χ2n) is 5.04. The molecular weight excluding hydrogens is 330 g/mol. The van der Waals surface area contributed by atoms with Crippen LogP contribution in [-0.4, -0.2) is 32.9 Å². The lowest BCUT2D eigenvalue weighted by atomic mass is 10.2. The molecule has 2 aliphatic rings. The number of sulfonamides is 1. The molecule has 1 fully saturated rings. The standard InChI is InChI=1S/C13H16BrNO3S/c1-9-13(5-7-18-9)19(16,17)15-6-4-10-8-11(14)2-3-12(10)15/h2-3,8-9,13H,4-7H2,1H3. The normalized spacial score (nSPS) is 26.7. The Morgan fingerprint density at radius 3 is 2.89 bits per heavy atom. The van der Waals surface area contributed by atoms with Crippen molar-refractivity contribution in [1.29, 1.82) is 0 Å². The van der Waals surface area contributed by atoms with Gasteiger partial charge in [0.05, 0.1) is 11.8 Å². The maximum Gasteiger partial charge on any atom is 0.240 e. The molecule has 0 N–H and O–H groups in total. The predicted molar refractivity (Wildman–Crippen MR) is 77.9 cm³/mol. The van der Waals surface area contributed by atoms with Gasteiger partial charge in [0.25, 0.3) is 0 Å². The lowest BCUT2D eigenvalue weighted by Crippen LogP contribution is -2.40. The Bertz CT molecular complexity index is 602. The number of halogens is 1. The van der Waals surface area contributed by atoms with Gasteiger partial charge in [-0.25, -0.2) is 8.42 Å². The van der Waals surface area contributed by atoms with E-state index in [9.17, 15) is 8.42 Å². The SMILES string of the molecule is CC1OCCC1S(=O)(=O)N1CCc2cc(Br)ccc21. The van der Waals surface area contributed by atoms with Crippen LogP contribution in [0, 0.1) is 0 Å². The summed E-state index contributed by atoms with van der Waals surface area (Å²) >= 11 is 3.42. The highest BCUT2D eigenvalue weighted by Crippen LogP contribution is 2.35. The van der Waals surface area contributed by atoms with Crippen LogP contribution in [0.2, 0.25) is 0 Å². The highest BCUT2D eigenvalue weighted by atomic mass is 79.9. The first-order valence-corrected chi connectivity index (χ1v) is 8.71. The molecule has 6 heteroatoms. The van der Waals surface area contributed by atoms with E-state index < -0.39 is 15.3 Å². The number of benzene rings is 1. The number of nitrogens with zero attached hydrogens (tertiary/aromatic N) is 1. The summed E-state index contributed by atoms with van der Waals surface area (Å²) < 4.78 is 33.4. The van der Waals surface area contributed by atoms with Crippen molar-refractivity contribution in [2.75, 3.05) is 17.5 Å². The highest BCUT2D eigenvalue weighted by molar-refractivity contribution is 9.10. The number of anilines is 1. The second kappa shape index (κ2) is 4.75. The van der Waals surface area contributed by atoms with Crippen LogP contribution in [0.3, 0.4) is 0 Å². The Hall–Kier alpha value is -0.590. The predicted octanol–water partition coefficient (Wildman–Crippen LogP) is 2.32. The van der Waals surface area contributed by atoms with E-state index in [0.29, 0.717) is 19.6 Å². The molecule has 0 spiro atoms. The Labute approximate surface area is 121 Å². The van der Waals surface area contributed by atoms with Crippen LogP contribution in [0.4, 0.5) is 5.69 Å². The lowest BCUT2D eigenvalue weighted by molar-refractivity contribution is 0.126. The third-order valence-corrected chi connectivity index (χ3v) is 6.76. The summed E-state index contributed by atoms with van der Waals surface area (Å²) in [6.45, 7) is 2.91. The zero-order valence-corrected chi connectivity index (χ0v) is 13.1. The molecule has 0 saturated carbocycles. The maximum atomic E-state index is 12.7. The van der Waals surface area contributed by atoms with E-state index >= 15 is 0 Å². The third kappa shape index (κ3) is 2.19. The minimum atomic E-state index is -3.32. The molecule has 0 amide bonds. The van der Waals surface area contributed by atoms with Gasteiger partial charge in [0.15, 0.2) is 0 Å². The zero-order chi connectivity index (χ0) is 13.6. The van der Waals surface area contributed by atoms with Crippen LogP contribution < -0.4 is 4.31 Å². The first-order chi connectivity index (χ1) is 9.00. The number of hydrogen-bond acceptors (Lipinski definition) is 3. The molecule has 2 aliphatic heterocycles. The van der Waals surface area contributed by atoms with Gasteiger partial charge in [0, 0.05) is 17.6 Å². The second-order valence-corrected chi connectivity index (χ2v) is 8.04. The topological polar surface area (TPSA) is 46.6 Å². The quantitative estimate of drug-likeness (QED) is 0.826. The Kier molecular flexibility index (Phi) is 3.35. The van der Waals surface area contributed by atoms with E-state index in [1.807, 2.05) is 25.1 Å². The molecule has 1 aromatic rings. The van der Waals surface area contributed by atoms with Gasteiger partial charge < -0.3 is 4.74 Å². The molecule has 104 valence electrons. The van der Waals surface area contributed by atoms with Gasteiger partial charge in [-0.05, 0) is 43.5 Å². The number of ether oxygens (including phenoxy) is 1. The third-order valence-electron chi connectivity index (χ3n) is 3.89. The average Bonchev–Trinajstić information content (AvgIpc) is 2.94. The minimum absolute atomic E-state index is 0.218. The van der Waals surface area contributed by atoms with E-state index in [4.69, 9.17) is 4.74 Å². The summed E-state index contributed by atoms with van der Waals surface area (Å²) in [6, 6.07) is 5.77. The Balaban J connectivity index is 1.97. The minimum Gasteiger partial charge on any atom is -0.377 e. The Morgan fingerprint density at radius 2 is 2.21 bits per heavy atom. The number of hydrogen-bond donors (Lipinski definition) is 0. The van der Waals surface area contributed by atoms with Crippen molar-refractivity contribution in [3.05, 3.63) is 28.2 Å². The monoisotopic (exact) mass is 345 g/mol. The van der Waals surface area contributed by atoms with Gasteiger partial charge in [-0.15, -0.1) is 0 Å². The van der Waals surface area contributed by atoms with E-state index in [1.54, 1.807) is 4.31 Å². The molecular formula is C13H16BrNO3S. The molecule has 0 radical (unpaired) electrons.